The standard InChI is InChI=1S/C6H15N3S/c1-5(3-4-10-2)9-6(7)8/h5H,3-4H2,1-2H3,(H4,7,8,9). The Bertz CT molecular complexity index is 110. The van der Waals surface area contributed by atoms with Crippen LogP contribution in [0.2, 0.25) is 0 Å². The number of hydrogen-bond acceptors (Lipinski definition) is 2. The molecule has 4 N–H and O–H groups in total. The van der Waals surface area contributed by atoms with Crippen LogP contribution >= 0.6 is 11.8 Å². The maximum atomic E-state index is 5.19. The van der Waals surface area contributed by atoms with Crippen molar-refractivity contribution in [3.8, 4) is 0 Å². The lowest BCUT2D eigenvalue weighted by molar-refractivity contribution is 0.722. The quantitative estimate of drug-likeness (QED) is 0.463. The zero-order valence-corrected chi connectivity index (χ0v) is 7.32. The van der Waals surface area contributed by atoms with Gasteiger partial charge in [-0.05, 0) is 25.4 Å². The lowest BCUT2D eigenvalue weighted by atomic mass is 10.3. The highest BCUT2D eigenvalue weighted by Gasteiger charge is 1.96. The van der Waals surface area contributed by atoms with Crippen molar-refractivity contribution >= 4 is 17.7 Å². The predicted octanol–water partition coefficient (Wildman–Crippen LogP) is 0.401. The summed E-state index contributed by atoms with van der Waals surface area (Å²) in [5.74, 6) is 1.30. The highest BCUT2D eigenvalue weighted by Crippen LogP contribution is 2.02. The number of hydrogen-bond donors (Lipinski definition) is 2. The molecule has 60 valence electrons. The van der Waals surface area contributed by atoms with Crippen molar-refractivity contribution in [2.75, 3.05) is 12.0 Å². The lowest BCUT2D eigenvalue weighted by Crippen LogP contribution is -2.24. The van der Waals surface area contributed by atoms with Crippen LogP contribution in [0.15, 0.2) is 4.99 Å². The Hall–Kier alpha value is -0.380. The van der Waals surface area contributed by atoms with Crippen LogP contribution < -0.4 is 11.5 Å². The topological polar surface area (TPSA) is 64.4 Å². The Kier molecular flexibility index (Phi) is 5.20. The molecule has 0 bridgehead atoms. The molecule has 0 saturated carbocycles. The van der Waals surface area contributed by atoms with E-state index >= 15 is 0 Å². The second-order valence-corrected chi connectivity index (χ2v) is 3.17. The minimum absolute atomic E-state index is 0.189. The fraction of sp³-hybridized carbons (Fsp3) is 0.833. The zero-order chi connectivity index (χ0) is 7.98. The van der Waals surface area contributed by atoms with E-state index in [-0.39, 0.29) is 12.0 Å². The van der Waals surface area contributed by atoms with Crippen molar-refractivity contribution in [2.24, 2.45) is 16.5 Å². The van der Waals surface area contributed by atoms with Crippen molar-refractivity contribution < 1.29 is 0 Å². The minimum atomic E-state index is 0.189. The van der Waals surface area contributed by atoms with Crippen molar-refractivity contribution in [2.45, 2.75) is 19.4 Å². The molecule has 0 radical (unpaired) electrons. The van der Waals surface area contributed by atoms with Crippen LogP contribution in [0.3, 0.4) is 0 Å². The van der Waals surface area contributed by atoms with Crippen LogP contribution in [0.4, 0.5) is 0 Å². The van der Waals surface area contributed by atoms with Gasteiger partial charge in [0.05, 0.1) is 6.04 Å². The molecule has 0 aromatic carbocycles. The summed E-state index contributed by atoms with van der Waals surface area (Å²) in [5.41, 5.74) is 10.4. The van der Waals surface area contributed by atoms with Gasteiger partial charge in [-0.1, -0.05) is 0 Å². The molecule has 1 atom stereocenters. The van der Waals surface area contributed by atoms with E-state index in [0.717, 1.165) is 12.2 Å². The number of rotatable bonds is 4. The monoisotopic (exact) mass is 161 g/mol. The Labute approximate surface area is 66.3 Å². The maximum absolute atomic E-state index is 5.19. The number of thioether (sulfide) groups is 1. The SMILES string of the molecule is CSCCC(C)N=C(N)N. The van der Waals surface area contributed by atoms with Crippen molar-refractivity contribution in [3.05, 3.63) is 0 Å². The largest absolute Gasteiger partial charge is 0.370 e. The zero-order valence-electron chi connectivity index (χ0n) is 6.50. The van der Waals surface area contributed by atoms with Gasteiger partial charge in [0.1, 0.15) is 0 Å². The Balaban J connectivity index is 3.43. The maximum Gasteiger partial charge on any atom is 0.186 e. The third kappa shape index (κ3) is 5.75. The number of nitrogens with two attached hydrogens (primary N) is 2. The number of aliphatic imine (C=N–C) groups is 1. The summed E-state index contributed by atoms with van der Waals surface area (Å²) in [6.07, 6.45) is 3.11. The summed E-state index contributed by atoms with van der Waals surface area (Å²) < 4.78 is 0. The summed E-state index contributed by atoms with van der Waals surface area (Å²) in [6.45, 7) is 2.01. The molecule has 0 aliphatic carbocycles. The summed E-state index contributed by atoms with van der Waals surface area (Å²) in [7, 11) is 0. The first kappa shape index (κ1) is 9.62. The first-order chi connectivity index (χ1) is 4.66. The number of nitrogens with zero attached hydrogens (tertiary/aromatic N) is 1. The summed E-state index contributed by atoms with van der Waals surface area (Å²) >= 11 is 1.81. The van der Waals surface area contributed by atoms with Gasteiger partial charge in [0.15, 0.2) is 5.96 Å². The first-order valence-corrected chi connectivity index (χ1v) is 4.64. The van der Waals surface area contributed by atoms with Crippen molar-refractivity contribution in [1.29, 1.82) is 0 Å². The van der Waals surface area contributed by atoms with Crippen LogP contribution in [0.25, 0.3) is 0 Å². The molecule has 0 amide bonds. The van der Waals surface area contributed by atoms with Crippen LogP contribution in [-0.4, -0.2) is 24.0 Å². The van der Waals surface area contributed by atoms with Gasteiger partial charge in [-0.3, -0.25) is 4.99 Å². The molecular formula is C6H15N3S. The fourth-order valence-electron chi connectivity index (χ4n) is 0.607. The molecule has 0 aliphatic rings. The smallest absolute Gasteiger partial charge is 0.186 e. The van der Waals surface area contributed by atoms with Crippen LogP contribution in [0, 0.1) is 0 Å². The molecular weight excluding hydrogens is 146 g/mol. The van der Waals surface area contributed by atoms with Crippen LogP contribution in [0.1, 0.15) is 13.3 Å². The van der Waals surface area contributed by atoms with E-state index in [4.69, 9.17) is 11.5 Å². The van der Waals surface area contributed by atoms with Gasteiger partial charge >= 0.3 is 0 Å². The molecule has 0 rings (SSSR count). The molecule has 0 saturated heterocycles. The minimum Gasteiger partial charge on any atom is -0.370 e. The van der Waals surface area contributed by atoms with E-state index in [9.17, 15) is 0 Å². The summed E-state index contributed by atoms with van der Waals surface area (Å²) in [6, 6.07) is 0.262. The molecule has 0 fully saturated rings. The van der Waals surface area contributed by atoms with E-state index < -0.39 is 0 Å². The fourth-order valence-corrected chi connectivity index (χ4v) is 1.18. The van der Waals surface area contributed by atoms with Gasteiger partial charge < -0.3 is 11.5 Å². The van der Waals surface area contributed by atoms with E-state index in [1.165, 1.54) is 0 Å². The molecule has 3 nitrogen and oxygen atoms in total. The second kappa shape index (κ2) is 5.41. The molecule has 0 aromatic rings. The summed E-state index contributed by atoms with van der Waals surface area (Å²) in [4.78, 5) is 3.97. The van der Waals surface area contributed by atoms with Gasteiger partial charge in [0, 0.05) is 0 Å². The Morgan fingerprint density at radius 3 is 2.60 bits per heavy atom. The average molecular weight is 161 g/mol. The van der Waals surface area contributed by atoms with Gasteiger partial charge in [-0.25, -0.2) is 0 Å². The van der Waals surface area contributed by atoms with Gasteiger partial charge in [0.25, 0.3) is 0 Å². The third-order valence-electron chi connectivity index (χ3n) is 1.11. The predicted molar refractivity (Wildman–Crippen MR) is 48.3 cm³/mol. The van der Waals surface area contributed by atoms with Crippen molar-refractivity contribution in [1.82, 2.24) is 0 Å². The van der Waals surface area contributed by atoms with Gasteiger partial charge in [0.2, 0.25) is 0 Å². The van der Waals surface area contributed by atoms with Gasteiger partial charge in [-0.15, -0.1) is 0 Å². The van der Waals surface area contributed by atoms with E-state index in [0.29, 0.717) is 0 Å². The second-order valence-electron chi connectivity index (χ2n) is 2.18. The Morgan fingerprint density at radius 2 is 2.20 bits per heavy atom. The normalized spacial score (nSPS) is 12.6. The molecule has 0 spiro atoms. The molecule has 10 heavy (non-hydrogen) atoms. The Morgan fingerprint density at radius 1 is 1.60 bits per heavy atom. The lowest BCUT2D eigenvalue weighted by Gasteiger charge is -2.03. The van der Waals surface area contributed by atoms with E-state index in [1.807, 2.05) is 6.92 Å². The highest BCUT2D eigenvalue weighted by molar-refractivity contribution is 7.98. The van der Waals surface area contributed by atoms with Crippen LogP contribution in [-0.2, 0) is 0 Å². The van der Waals surface area contributed by atoms with E-state index in [2.05, 4.69) is 11.2 Å². The highest BCUT2D eigenvalue weighted by atomic mass is 32.2. The molecule has 4 heteroatoms. The van der Waals surface area contributed by atoms with Crippen LogP contribution in [0.5, 0.6) is 0 Å². The average Bonchev–Trinajstić information content (AvgIpc) is 1.82. The van der Waals surface area contributed by atoms with Crippen molar-refractivity contribution in [3.63, 3.8) is 0 Å². The number of guanidine groups is 1. The first-order valence-electron chi connectivity index (χ1n) is 3.24. The third-order valence-corrected chi connectivity index (χ3v) is 1.75. The molecule has 0 heterocycles. The molecule has 1 unspecified atom stereocenters. The van der Waals surface area contributed by atoms with E-state index in [1.54, 1.807) is 11.8 Å². The molecule has 0 aliphatic heterocycles. The molecule has 0 aromatic heterocycles. The summed E-state index contributed by atoms with van der Waals surface area (Å²) in [5, 5.41) is 0. The van der Waals surface area contributed by atoms with Gasteiger partial charge in [-0.2, -0.15) is 11.8 Å².